The van der Waals surface area contributed by atoms with Gasteiger partial charge in [0, 0.05) is 17.1 Å². The van der Waals surface area contributed by atoms with E-state index in [9.17, 15) is 0 Å². The predicted molar refractivity (Wildman–Crippen MR) is 81.9 cm³/mol. The van der Waals surface area contributed by atoms with Crippen molar-refractivity contribution in [1.29, 1.82) is 0 Å². The van der Waals surface area contributed by atoms with Crippen molar-refractivity contribution in [3.8, 4) is 11.4 Å². The summed E-state index contributed by atoms with van der Waals surface area (Å²) in [6, 6.07) is 17.1. The standard InChI is InChI=1S/C15H14ClN5/c16-13-8-6-11(7-9-13)14(10-17)21-19-15(18-20-21)12-4-2-1-3-5-12/h1-9,14H,10,17H2. The minimum atomic E-state index is -0.160. The van der Waals surface area contributed by atoms with Gasteiger partial charge in [0.1, 0.15) is 6.04 Å². The zero-order valence-electron chi connectivity index (χ0n) is 11.2. The molecule has 6 heteroatoms. The second kappa shape index (κ2) is 6.03. The Bertz CT molecular complexity index is 708. The number of halogens is 1. The molecule has 21 heavy (non-hydrogen) atoms. The van der Waals surface area contributed by atoms with E-state index in [4.69, 9.17) is 17.3 Å². The Morgan fingerprint density at radius 3 is 2.43 bits per heavy atom. The molecule has 1 atom stereocenters. The van der Waals surface area contributed by atoms with Gasteiger partial charge in [-0.3, -0.25) is 0 Å². The first kappa shape index (κ1) is 13.7. The first-order valence-corrected chi connectivity index (χ1v) is 6.96. The zero-order chi connectivity index (χ0) is 14.7. The zero-order valence-corrected chi connectivity index (χ0v) is 12.0. The van der Waals surface area contributed by atoms with Gasteiger partial charge in [-0.1, -0.05) is 54.1 Å². The fourth-order valence-corrected chi connectivity index (χ4v) is 2.23. The lowest BCUT2D eigenvalue weighted by Crippen LogP contribution is -2.22. The quantitative estimate of drug-likeness (QED) is 0.804. The van der Waals surface area contributed by atoms with Crippen LogP contribution in [0.25, 0.3) is 11.4 Å². The molecular weight excluding hydrogens is 286 g/mol. The van der Waals surface area contributed by atoms with E-state index in [0.717, 1.165) is 11.1 Å². The fourth-order valence-electron chi connectivity index (χ4n) is 2.11. The third-order valence-corrected chi connectivity index (χ3v) is 3.47. The lowest BCUT2D eigenvalue weighted by molar-refractivity contribution is 0.458. The van der Waals surface area contributed by atoms with Crippen molar-refractivity contribution in [1.82, 2.24) is 20.2 Å². The van der Waals surface area contributed by atoms with Crippen molar-refractivity contribution in [3.05, 3.63) is 65.2 Å². The molecule has 0 saturated carbocycles. The molecule has 2 aromatic carbocycles. The molecule has 106 valence electrons. The average molecular weight is 300 g/mol. The van der Waals surface area contributed by atoms with Gasteiger partial charge in [0.2, 0.25) is 5.82 Å². The van der Waals surface area contributed by atoms with Crippen LogP contribution in [-0.4, -0.2) is 26.8 Å². The SMILES string of the molecule is NCC(c1ccc(Cl)cc1)n1nnc(-c2ccccc2)n1. The van der Waals surface area contributed by atoms with E-state index < -0.39 is 0 Å². The summed E-state index contributed by atoms with van der Waals surface area (Å²) in [6.07, 6.45) is 0. The Morgan fingerprint density at radius 1 is 1.05 bits per heavy atom. The van der Waals surface area contributed by atoms with Crippen LogP contribution in [0.3, 0.4) is 0 Å². The maximum atomic E-state index is 5.91. The van der Waals surface area contributed by atoms with Gasteiger partial charge in [-0.2, -0.15) is 4.80 Å². The van der Waals surface area contributed by atoms with Gasteiger partial charge < -0.3 is 5.73 Å². The summed E-state index contributed by atoms with van der Waals surface area (Å²) in [6.45, 7) is 0.381. The number of rotatable bonds is 4. The van der Waals surface area contributed by atoms with Crippen molar-refractivity contribution in [2.45, 2.75) is 6.04 Å². The van der Waals surface area contributed by atoms with E-state index >= 15 is 0 Å². The lowest BCUT2D eigenvalue weighted by Gasteiger charge is -2.13. The molecule has 3 aromatic rings. The molecule has 2 N–H and O–H groups in total. The van der Waals surface area contributed by atoms with Crippen LogP contribution in [0.1, 0.15) is 11.6 Å². The van der Waals surface area contributed by atoms with E-state index in [1.807, 2.05) is 54.6 Å². The van der Waals surface area contributed by atoms with Crippen molar-refractivity contribution < 1.29 is 0 Å². The minimum absolute atomic E-state index is 0.160. The monoisotopic (exact) mass is 299 g/mol. The Hall–Kier alpha value is -2.24. The first-order chi connectivity index (χ1) is 10.3. The van der Waals surface area contributed by atoms with Crippen molar-refractivity contribution in [2.75, 3.05) is 6.54 Å². The second-order valence-corrected chi connectivity index (χ2v) is 5.04. The number of hydrogen-bond acceptors (Lipinski definition) is 4. The first-order valence-electron chi connectivity index (χ1n) is 6.58. The molecule has 0 fully saturated rings. The fraction of sp³-hybridized carbons (Fsp3) is 0.133. The average Bonchev–Trinajstić information content (AvgIpc) is 3.00. The topological polar surface area (TPSA) is 69.6 Å². The maximum absolute atomic E-state index is 5.91. The van der Waals surface area contributed by atoms with Gasteiger partial charge in [0.15, 0.2) is 0 Å². The molecule has 0 aliphatic heterocycles. The van der Waals surface area contributed by atoms with Crippen molar-refractivity contribution >= 4 is 11.6 Å². The maximum Gasteiger partial charge on any atom is 0.204 e. The van der Waals surface area contributed by atoms with Gasteiger partial charge in [-0.25, -0.2) is 0 Å². The number of benzene rings is 2. The lowest BCUT2D eigenvalue weighted by atomic mass is 10.1. The molecule has 0 radical (unpaired) electrons. The number of tetrazole rings is 1. The van der Waals surface area contributed by atoms with E-state index in [-0.39, 0.29) is 6.04 Å². The third kappa shape index (κ3) is 2.94. The van der Waals surface area contributed by atoms with Crippen LogP contribution in [0, 0.1) is 0 Å². The largest absolute Gasteiger partial charge is 0.328 e. The van der Waals surface area contributed by atoms with Gasteiger partial charge in [0.05, 0.1) is 0 Å². The van der Waals surface area contributed by atoms with E-state index in [1.54, 1.807) is 4.80 Å². The molecule has 1 aromatic heterocycles. The van der Waals surface area contributed by atoms with Crippen LogP contribution in [0.4, 0.5) is 0 Å². The smallest absolute Gasteiger partial charge is 0.204 e. The summed E-state index contributed by atoms with van der Waals surface area (Å²) in [5.74, 6) is 0.586. The van der Waals surface area contributed by atoms with Crippen molar-refractivity contribution in [2.24, 2.45) is 5.73 Å². The molecule has 0 aliphatic rings. The summed E-state index contributed by atoms with van der Waals surface area (Å²) in [4.78, 5) is 1.55. The molecule has 0 bridgehead atoms. The minimum Gasteiger partial charge on any atom is -0.328 e. The molecule has 3 rings (SSSR count). The van der Waals surface area contributed by atoms with E-state index in [1.165, 1.54) is 0 Å². The second-order valence-electron chi connectivity index (χ2n) is 4.60. The highest BCUT2D eigenvalue weighted by Gasteiger charge is 2.16. The molecule has 0 saturated heterocycles. The summed E-state index contributed by atoms with van der Waals surface area (Å²) < 4.78 is 0. The van der Waals surface area contributed by atoms with Crippen molar-refractivity contribution in [3.63, 3.8) is 0 Å². The highest BCUT2D eigenvalue weighted by atomic mass is 35.5. The highest BCUT2D eigenvalue weighted by Crippen LogP contribution is 2.20. The van der Waals surface area contributed by atoms with Gasteiger partial charge in [-0.05, 0) is 22.9 Å². The summed E-state index contributed by atoms with van der Waals surface area (Å²) >= 11 is 5.91. The number of nitrogens with two attached hydrogens (primary N) is 1. The Labute approximate surface area is 127 Å². The molecule has 1 heterocycles. The Kier molecular flexibility index (Phi) is 3.94. The van der Waals surface area contributed by atoms with Crippen LogP contribution >= 0.6 is 11.6 Å². The van der Waals surface area contributed by atoms with Gasteiger partial charge >= 0.3 is 0 Å². The van der Waals surface area contributed by atoms with Crippen LogP contribution in [0.2, 0.25) is 5.02 Å². The van der Waals surface area contributed by atoms with Gasteiger partial charge in [-0.15, -0.1) is 10.2 Å². The Morgan fingerprint density at radius 2 is 1.76 bits per heavy atom. The highest BCUT2D eigenvalue weighted by molar-refractivity contribution is 6.30. The molecular formula is C15H14ClN5. The molecule has 5 nitrogen and oxygen atoms in total. The molecule has 0 spiro atoms. The normalized spacial score (nSPS) is 12.3. The van der Waals surface area contributed by atoms with Crippen LogP contribution < -0.4 is 5.73 Å². The number of hydrogen-bond donors (Lipinski definition) is 1. The van der Waals surface area contributed by atoms with Crippen LogP contribution in [-0.2, 0) is 0 Å². The molecule has 0 amide bonds. The molecule has 1 unspecified atom stereocenters. The number of nitrogens with zero attached hydrogens (tertiary/aromatic N) is 4. The summed E-state index contributed by atoms with van der Waals surface area (Å²) in [7, 11) is 0. The molecule has 0 aliphatic carbocycles. The van der Waals surface area contributed by atoms with E-state index in [0.29, 0.717) is 17.4 Å². The van der Waals surface area contributed by atoms with E-state index in [2.05, 4.69) is 15.4 Å². The van der Waals surface area contributed by atoms with Crippen LogP contribution in [0.5, 0.6) is 0 Å². The summed E-state index contributed by atoms with van der Waals surface area (Å²) in [5.41, 5.74) is 7.79. The van der Waals surface area contributed by atoms with Gasteiger partial charge in [0.25, 0.3) is 0 Å². The van der Waals surface area contributed by atoms with Crippen LogP contribution in [0.15, 0.2) is 54.6 Å². The summed E-state index contributed by atoms with van der Waals surface area (Å²) in [5, 5.41) is 13.3. The third-order valence-electron chi connectivity index (χ3n) is 3.22. The predicted octanol–water partition coefficient (Wildman–Crippen LogP) is 2.54. The Balaban J connectivity index is 1.92. The number of aromatic nitrogens is 4.